The van der Waals surface area contributed by atoms with Crippen molar-refractivity contribution in [3.63, 3.8) is 0 Å². The van der Waals surface area contributed by atoms with Crippen molar-refractivity contribution in [1.82, 2.24) is 15.5 Å². The molecule has 14 nitrogen and oxygen atoms in total. The average molecular weight is 490 g/mol. The van der Waals surface area contributed by atoms with Gasteiger partial charge >= 0.3 is 11.9 Å². The molecule has 1 aliphatic rings. The quantitative estimate of drug-likeness (QED) is 0.0557. The summed E-state index contributed by atoms with van der Waals surface area (Å²) in [6, 6.07) is -4.61. The van der Waals surface area contributed by atoms with E-state index in [2.05, 4.69) is 28.3 Å². The molecule has 1 heterocycles. The van der Waals surface area contributed by atoms with Crippen LogP contribution in [0.1, 0.15) is 32.1 Å². The molecule has 0 aliphatic carbocycles. The number of amides is 3. The number of carbonyl (C=O) groups is 5. The minimum Gasteiger partial charge on any atom is -0.481 e. The smallest absolute Gasteiger partial charge is 0.326 e. The number of nitrogens with one attached hydrogen (secondary N) is 2. The molecule has 10 N–H and O–H groups in total. The minimum atomic E-state index is -1.36. The molecule has 15 heteroatoms. The molecule has 1 fully saturated rings. The summed E-state index contributed by atoms with van der Waals surface area (Å²) in [7, 11) is 0. The number of guanidine groups is 1. The van der Waals surface area contributed by atoms with Crippen molar-refractivity contribution in [3.05, 3.63) is 0 Å². The van der Waals surface area contributed by atoms with Crippen LogP contribution in [-0.4, -0.2) is 93.7 Å². The van der Waals surface area contributed by atoms with Crippen molar-refractivity contribution in [1.29, 1.82) is 0 Å². The molecule has 0 aromatic rings. The van der Waals surface area contributed by atoms with Crippen molar-refractivity contribution >= 4 is 48.2 Å². The molecule has 1 saturated heterocycles. The van der Waals surface area contributed by atoms with E-state index in [9.17, 15) is 29.1 Å². The molecule has 0 aromatic heterocycles. The third-order valence-corrected chi connectivity index (χ3v) is 5.29. The Labute approximate surface area is 195 Å². The van der Waals surface area contributed by atoms with Crippen molar-refractivity contribution in [3.8, 4) is 0 Å². The van der Waals surface area contributed by atoms with Crippen LogP contribution in [0.3, 0.4) is 0 Å². The van der Waals surface area contributed by atoms with Gasteiger partial charge in [-0.3, -0.25) is 24.2 Å². The molecule has 1 rings (SSSR count). The van der Waals surface area contributed by atoms with Crippen LogP contribution >= 0.6 is 12.6 Å². The molecule has 3 amide bonds. The summed E-state index contributed by atoms with van der Waals surface area (Å²) in [6.07, 6.45) is 0.581. The summed E-state index contributed by atoms with van der Waals surface area (Å²) in [5.41, 5.74) is 16.0. The summed E-state index contributed by atoms with van der Waals surface area (Å²) in [5, 5.41) is 22.9. The van der Waals surface area contributed by atoms with Gasteiger partial charge in [-0.05, 0) is 25.7 Å². The lowest BCUT2D eigenvalue weighted by Crippen LogP contribution is -2.57. The van der Waals surface area contributed by atoms with Gasteiger partial charge in [0.2, 0.25) is 17.7 Å². The average Bonchev–Trinajstić information content (AvgIpc) is 3.22. The Bertz CT molecular complexity index is 775. The van der Waals surface area contributed by atoms with E-state index in [1.807, 2.05) is 0 Å². The van der Waals surface area contributed by atoms with E-state index in [0.29, 0.717) is 19.3 Å². The number of likely N-dealkylation sites (tertiary alicyclic amines) is 1. The van der Waals surface area contributed by atoms with Gasteiger partial charge in [-0.15, -0.1) is 0 Å². The highest BCUT2D eigenvalue weighted by molar-refractivity contribution is 7.80. The third kappa shape index (κ3) is 9.13. The van der Waals surface area contributed by atoms with E-state index < -0.39 is 60.2 Å². The summed E-state index contributed by atoms with van der Waals surface area (Å²) in [6.45, 7) is 0.420. The summed E-state index contributed by atoms with van der Waals surface area (Å²) in [4.78, 5) is 65.0. The molecular weight excluding hydrogens is 458 g/mol. The molecule has 0 radical (unpaired) electrons. The van der Waals surface area contributed by atoms with Crippen molar-refractivity contribution in [2.45, 2.75) is 56.3 Å². The Morgan fingerprint density at radius 2 is 1.79 bits per heavy atom. The molecule has 33 heavy (non-hydrogen) atoms. The lowest BCUT2D eigenvalue weighted by molar-refractivity contribution is -0.144. The van der Waals surface area contributed by atoms with Crippen LogP contribution < -0.4 is 27.8 Å². The maximum Gasteiger partial charge on any atom is 0.326 e. The number of nitrogens with two attached hydrogens (primary N) is 3. The van der Waals surface area contributed by atoms with Crippen molar-refractivity contribution in [2.24, 2.45) is 22.2 Å². The first-order chi connectivity index (χ1) is 15.5. The number of aliphatic carboxylic acids is 2. The molecule has 4 atom stereocenters. The fourth-order valence-electron chi connectivity index (χ4n) is 3.28. The number of carbonyl (C=O) groups excluding carboxylic acids is 3. The van der Waals surface area contributed by atoms with Crippen molar-refractivity contribution < 1.29 is 34.2 Å². The topological polar surface area (TPSA) is 244 Å². The normalized spacial score (nSPS) is 18.0. The first-order valence-corrected chi connectivity index (χ1v) is 10.9. The van der Waals surface area contributed by atoms with E-state index in [-0.39, 0.29) is 31.2 Å². The van der Waals surface area contributed by atoms with Gasteiger partial charge in [0.05, 0.1) is 12.5 Å². The zero-order valence-corrected chi connectivity index (χ0v) is 18.9. The number of thiol groups is 1. The maximum absolute atomic E-state index is 12.9. The summed E-state index contributed by atoms with van der Waals surface area (Å²) >= 11 is 4.06. The first kappa shape index (κ1) is 28.0. The van der Waals surface area contributed by atoms with Gasteiger partial charge in [-0.1, -0.05) is 0 Å². The predicted molar refractivity (Wildman–Crippen MR) is 120 cm³/mol. The van der Waals surface area contributed by atoms with Crippen LogP contribution in [0.4, 0.5) is 0 Å². The Balaban J connectivity index is 2.78. The highest BCUT2D eigenvalue weighted by atomic mass is 32.1. The van der Waals surface area contributed by atoms with Crippen LogP contribution in [-0.2, 0) is 24.0 Å². The van der Waals surface area contributed by atoms with Gasteiger partial charge in [0.1, 0.15) is 18.1 Å². The van der Waals surface area contributed by atoms with Crippen LogP contribution in [0.2, 0.25) is 0 Å². The van der Waals surface area contributed by atoms with Gasteiger partial charge in [0.25, 0.3) is 0 Å². The van der Waals surface area contributed by atoms with Gasteiger partial charge in [0.15, 0.2) is 5.96 Å². The Kier molecular flexibility index (Phi) is 11.4. The Morgan fingerprint density at radius 3 is 2.33 bits per heavy atom. The standard InChI is InChI=1S/C18H31N7O7S/c19-9(7-13(26)27)14(28)24-11(8-33)16(30)25-6-2-4-12(25)15(29)23-10(17(31)32)3-1-5-22-18(20)21/h9-12,33H,1-8,19H2,(H,23,29)(H,24,28)(H,26,27)(H,31,32)(H4,20,21,22). The summed E-state index contributed by atoms with van der Waals surface area (Å²) in [5.74, 6) is -4.82. The van der Waals surface area contributed by atoms with Crippen LogP contribution in [0.5, 0.6) is 0 Å². The SMILES string of the molecule is NC(N)=NCCCC(NC(=O)C1CCCN1C(=O)C(CS)NC(=O)C(N)CC(=O)O)C(=O)O. The number of carboxylic acid groups (broad SMARTS) is 2. The van der Waals surface area contributed by atoms with E-state index in [1.165, 1.54) is 4.90 Å². The monoisotopic (exact) mass is 489 g/mol. The molecule has 0 aromatic carbocycles. The fraction of sp³-hybridized carbons (Fsp3) is 0.667. The van der Waals surface area contributed by atoms with Crippen molar-refractivity contribution in [2.75, 3.05) is 18.8 Å². The van der Waals surface area contributed by atoms with Gasteiger partial charge < -0.3 is 42.9 Å². The van der Waals surface area contributed by atoms with E-state index in [0.717, 1.165) is 0 Å². The Hall–Kier alpha value is -3.07. The highest BCUT2D eigenvalue weighted by Crippen LogP contribution is 2.19. The van der Waals surface area contributed by atoms with Gasteiger partial charge in [-0.25, -0.2) is 4.79 Å². The molecular formula is C18H31N7O7S. The Morgan fingerprint density at radius 1 is 1.12 bits per heavy atom. The summed E-state index contributed by atoms with van der Waals surface area (Å²) < 4.78 is 0. The third-order valence-electron chi connectivity index (χ3n) is 4.93. The van der Waals surface area contributed by atoms with E-state index in [4.69, 9.17) is 22.3 Å². The molecule has 0 saturated carbocycles. The maximum atomic E-state index is 12.9. The van der Waals surface area contributed by atoms with Crippen LogP contribution in [0, 0.1) is 0 Å². The molecule has 0 spiro atoms. The zero-order valence-electron chi connectivity index (χ0n) is 18.0. The fourth-order valence-corrected chi connectivity index (χ4v) is 3.52. The van der Waals surface area contributed by atoms with E-state index >= 15 is 0 Å². The second kappa shape index (κ2) is 13.5. The molecule has 186 valence electrons. The first-order valence-electron chi connectivity index (χ1n) is 10.3. The highest BCUT2D eigenvalue weighted by Gasteiger charge is 2.38. The number of carboxylic acids is 2. The second-order valence-electron chi connectivity index (χ2n) is 7.49. The largest absolute Gasteiger partial charge is 0.481 e. The predicted octanol–water partition coefficient (Wildman–Crippen LogP) is -3.18. The lowest BCUT2D eigenvalue weighted by Gasteiger charge is -2.29. The van der Waals surface area contributed by atoms with Gasteiger partial charge in [-0.2, -0.15) is 12.6 Å². The number of hydrogen-bond donors (Lipinski definition) is 8. The number of hydrogen-bond acceptors (Lipinski definition) is 8. The molecule has 1 aliphatic heterocycles. The molecule has 0 bridgehead atoms. The van der Waals surface area contributed by atoms with Gasteiger partial charge in [0, 0.05) is 18.8 Å². The number of rotatable bonds is 13. The molecule has 4 unspecified atom stereocenters. The van der Waals surface area contributed by atoms with E-state index in [1.54, 1.807) is 0 Å². The number of aliphatic imine (C=N–C) groups is 1. The minimum absolute atomic E-state index is 0.0787. The lowest BCUT2D eigenvalue weighted by atomic mass is 10.1. The number of nitrogens with zero attached hydrogens (tertiary/aromatic N) is 2. The second-order valence-corrected chi connectivity index (χ2v) is 7.85. The zero-order chi connectivity index (χ0) is 25.1. The van der Waals surface area contributed by atoms with Crippen LogP contribution in [0.25, 0.3) is 0 Å². The van der Waals surface area contributed by atoms with Crippen LogP contribution in [0.15, 0.2) is 4.99 Å².